The van der Waals surface area contributed by atoms with E-state index >= 15 is 0 Å². The van der Waals surface area contributed by atoms with Crippen molar-refractivity contribution in [3.8, 4) is 0 Å². The lowest BCUT2D eigenvalue weighted by Crippen LogP contribution is -2.53. The van der Waals surface area contributed by atoms with Crippen LogP contribution in [-0.2, 0) is 15.1 Å². The zero-order chi connectivity index (χ0) is 16.4. The van der Waals surface area contributed by atoms with E-state index in [1.807, 2.05) is 0 Å². The van der Waals surface area contributed by atoms with Crippen LogP contribution in [0.5, 0.6) is 0 Å². The summed E-state index contributed by atoms with van der Waals surface area (Å²) in [5.41, 5.74) is -1.97. The number of nitrogens with one attached hydrogen (secondary N) is 3. The molecule has 1 aliphatic heterocycles. The van der Waals surface area contributed by atoms with Crippen LogP contribution in [0.1, 0.15) is 26.5 Å². The van der Waals surface area contributed by atoms with E-state index in [0.29, 0.717) is 0 Å². The Kier molecular flexibility index (Phi) is 3.98. The number of hydrogen-bond donors (Lipinski definition) is 3. The monoisotopic (exact) mass is 307 g/mol. The quantitative estimate of drug-likeness (QED) is 0.677. The highest BCUT2D eigenvalue weighted by molar-refractivity contribution is 6.07. The Morgan fingerprint density at radius 3 is 2.64 bits per heavy atom. The van der Waals surface area contributed by atoms with Gasteiger partial charge in [0.2, 0.25) is 0 Å². The molecule has 0 spiro atoms. The minimum atomic E-state index is -1.51. The first-order chi connectivity index (χ1) is 10.2. The molecule has 0 aliphatic carbocycles. The zero-order valence-corrected chi connectivity index (χ0v) is 12.5. The number of imide groups is 1. The van der Waals surface area contributed by atoms with Crippen LogP contribution in [0.3, 0.4) is 0 Å². The molecular weight excluding hydrogens is 290 g/mol. The van der Waals surface area contributed by atoms with Gasteiger partial charge in [-0.25, -0.2) is 9.59 Å². The second-order valence-corrected chi connectivity index (χ2v) is 5.78. The van der Waals surface area contributed by atoms with E-state index in [1.165, 1.54) is 12.3 Å². The van der Waals surface area contributed by atoms with Crippen molar-refractivity contribution in [1.82, 2.24) is 26.1 Å². The summed E-state index contributed by atoms with van der Waals surface area (Å²) >= 11 is 0. The molecule has 0 bridgehead atoms. The Morgan fingerprint density at radius 1 is 1.41 bits per heavy atom. The first-order valence-electron chi connectivity index (χ1n) is 6.61. The van der Waals surface area contributed by atoms with Crippen LogP contribution >= 0.6 is 0 Å². The summed E-state index contributed by atoms with van der Waals surface area (Å²) in [4.78, 5) is 35.4. The summed E-state index contributed by atoms with van der Waals surface area (Å²) in [5.74, 6) is -0.617. The third-order valence-electron chi connectivity index (χ3n) is 2.85. The largest absolute Gasteiger partial charge is 0.444 e. The molecule has 4 amide bonds. The molecule has 3 N–H and O–H groups in total. The molecule has 1 aromatic rings. The van der Waals surface area contributed by atoms with E-state index in [1.54, 1.807) is 26.8 Å². The van der Waals surface area contributed by atoms with E-state index < -0.39 is 29.2 Å². The number of amides is 4. The summed E-state index contributed by atoms with van der Waals surface area (Å²) in [6.45, 7) is 4.94. The molecule has 9 heteroatoms. The van der Waals surface area contributed by atoms with E-state index in [4.69, 9.17) is 4.74 Å². The van der Waals surface area contributed by atoms with Gasteiger partial charge in [0.15, 0.2) is 5.54 Å². The number of carbonyl (C=O) groups is 3. The smallest absolute Gasteiger partial charge is 0.407 e. The van der Waals surface area contributed by atoms with Gasteiger partial charge in [-0.05, 0) is 32.9 Å². The van der Waals surface area contributed by atoms with E-state index in [2.05, 4.69) is 26.1 Å². The van der Waals surface area contributed by atoms with Gasteiger partial charge in [-0.3, -0.25) is 10.1 Å². The Labute approximate surface area is 126 Å². The highest BCUT2D eigenvalue weighted by atomic mass is 16.6. The molecule has 9 nitrogen and oxygen atoms in total. The van der Waals surface area contributed by atoms with Gasteiger partial charge in [0.05, 0.1) is 6.54 Å². The van der Waals surface area contributed by atoms with Gasteiger partial charge in [0, 0.05) is 6.20 Å². The minimum Gasteiger partial charge on any atom is -0.444 e. The fourth-order valence-corrected chi connectivity index (χ4v) is 1.94. The maximum Gasteiger partial charge on any atom is 0.407 e. The third-order valence-corrected chi connectivity index (χ3v) is 2.85. The Hall–Kier alpha value is -2.71. The fourth-order valence-electron chi connectivity index (χ4n) is 1.94. The van der Waals surface area contributed by atoms with Crippen molar-refractivity contribution in [1.29, 1.82) is 0 Å². The highest BCUT2D eigenvalue weighted by Crippen LogP contribution is 2.22. The van der Waals surface area contributed by atoms with Gasteiger partial charge in [-0.1, -0.05) is 0 Å². The van der Waals surface area contributed by atoms with Crippen molar-refractivity contribution in [2.45, 2.75) is 31.9 Å². The topological polar surface area (TPSA) is 122 Å². The molecule has 2 rings (SSSR count). The normalized spacial score (nSPS) is 21.0. The Bertz CT molecular complexity index is 598. The van der Waals surface area contributed by atoms with Crippen LogP contribution in [0.25, 0.3) is 0 Å². The van der Waals surface area contributed by atoms with Crippen molar-refractivity contribution >= 4 is 18.0 Å². The zero-order valence-electron chi connectivity index (χ0n) is 12.5. The molecule has 1 atom stereocenters. The van der Waals surface area contributed by atoms with Crippen molar-refractivity contribution < 1.29 is 19.1 Å². The van der Waals surface area contributed by atoms with Crippen molar-refractivity contribution in [3.05, 3.63) is 24.0 Å². The van der Waals surface area contributed by atoms with Gasteiger partial charge in [0.1, 0.15) is 11.3 Å². The van der Waals surface area contributed by atoms with Crippen molar-refractivity contribution in [3.63, 3.8) is 0 Å². The Balaban J connectivity index is 2.19. The van der Waals surface area contributed by atoms with E-state index in [9.17, 15) is 14.4 Å². The van der Waals surface area contributed by atoms with Gasteiger partial charge in [-0.2, -0.15) is 10.2 Å². The lowest BCUT2D eigenvalue weighted by Gasteiger charge is -2.26. The molecule has 1 unspecified atom stereocenters. The van der Waals surface area contributed by atoms with Crippen molar-refractivity contribution in [2.75, 3.05) is 6.54 Å². The average molecular weight is 307 g/mol. The maximum absolute atomic E-state index is 12.2. The number of carbonyl (C=O) groups excluding carboxylic acids is 3. The van der Waals surface area contributed by atoms with Crippen LogP contribution in [0.4, 0.5) is 9.59 Å². The predicted molar refractivity (Wildman–Crippen MR) is 74.6 cm³/mol. The molecule has 1 aliphatic rings. The summed E-state index contributed by atoms with van der Waals surface area (Å²) in [6.07, 6.45) is 0.734. The first-order valence-corrected chi connectivity index (χ1v) is 6.61. The van der Waals surface area contributed by atoms with E-state index in [0.717, 1.165) is 0 Å². The second-order valence-electron chi connectivity index (χ2n) is 5.78. The Morgan fingerprint density at radius 2 is 2.14 bits per heavy atom. The summed E-state index contributed by atoms with van der Waals surface area (Å²) in [7, 11) is 0. The SMILES string of the molecule is CC(C)(C)OC(=O)NCC1(c2cccnn2)NC(=O)NC1=O. The van der Waals surface area contributed by atoms with Gasteiger partial charge < -0.3 is 15.4 Å². The summed E-state index contributed by atoms with van der Waals surface area (Å²) in [5, 5.41) is 14.6. The molecule has 2 heterocycles. The lowest BCUT2D eigenvalue weighted by atomic mass is 9.95. The standard InChI is InChI=1S/C13H17N5O4/c1-12(2,3)22-11(21)14-7-13(8-5-4-6-15-18-8)9(19)16-10(20)17-13/h4-6H,7H2,1-3H3,(H,14,21)(H2,16,17,19,20). The molecule has 1 saturated heterocycles. The molecule has 0 aromatic carbocycles. The number of urea groups is 1. The van der Waals surface area contributed by atoms with Gasteiger partial charge in [-0.15, -0.1) is 0 Å². The lowest BCUT2D eigenvalue weighted by molar-refractivity contribution is -0.124. The minimum absolute atomic E-state index is 0.210. The molecular formula is C13H17N5O4. The molecule has 0 radical (unpaired) electrons. The molecule has 22 heavy (non-hydrogen) atoms. The van der Waals surface area contributed by atoms with Gasteiger partial charge in [0.25, 0.3) is 5.91 Å². The summed E-state index contributed by atoms with van der Waals surface area (Å²) in [6, 6.07) is 2.45. The van der Waals surface area contributed by atoms with Crippen LogP contribution in [0.15, 0.2) is 18.3 Å². The first kappa shape index (κ1) is 15.7. The number of alkyl carbamates (subject to hydrolysis) is 1. The van der Waals surface area contributed by atoms with Crippen LogP contribution in [0, 0.1) is 0 Å². The second kappa shape index (κ2) is 5.58. The van der Waals surface area contributed by atoms with Gasteiger partial charge >= 0.3 is 12.1 Å². The molecule has 0 saturated carbocycles. The van der Waals surface area contributed by atoms with Crippen molar-refractivity contribution in [2.24, 2.45) is 0 Å². The number of ether oxygens (including phenoxy) is 1. The maximum atomic E-state index is 12.2. The molecule has 1 fully saturated rings. The average Bonchev–Trinajstić information content (AvgIpc) is 2.71. The number of rotatable bonds is 3. The molecule has 1 aromatic heterocycles. The summed E-state index contributed by atoms with van der Waals surface area (Å²) < 4.78 is 5.11. The fraction of sp³-hybridized carbons (Fsp3) is 0.462. The van der Waals surface area contributed by atoms with E-state index in [-0.39, 0.29) is 12.2 Å². The third kappa shape index (κ3) is 3.30. The van der Waals surface area contributed by atoms with Crippen LogP contribution in [-0.4, -0.2) is 40.4 Å². The van der Waals surface area contributed by atoms with Crippen LogP contribution in [0.2, 0.25) is 0 Å². The number of nitrogens with zero attached hydrogens (tertiary/aromatic N) is 2. The highest BCUT2D eigenvalue weighted by Gasteiger charge is 2.49. The van der Waals surface area contributed by atoms with Crippen LogP contribution < -0.4 is 16.0 Å². The molecule has 118 valence electrons. The number of aromatic nitrogens is 2. The number of hydrogen-bond acceptors (Lipinski definition) is 6. The predicted octanol–water partition coefficient (Wildman–Crippen LogP) is 0.0360.